The molecule has 3 aliphatic heterocycles. The zero-order chi connectivity index (χ0) is 23.9. The molecule has 1 N–H and O–H groups in total. The number of sulfonamides is 1. The molecule has 1 saturated carbocycles. The first-order chi connectivity index (χ1) is 16.3. The second-order valence-electron chi connectivity index (χ2n) is 9.88. The molecule has 3 fully saturated rings. The van der Waals surface area contributed by atoms with Crippen LogP contribution in [0.25, 0.3) is 0 Å². The smallest absolute Gasteiger partial charge is 0.262 e. The molecule has 5 rings (SSSR count). The first-order valence-electron chi connectivity index (χ1n) is 12.5. The lowest BCUT2D eigenvalue weighted by Gasteiger charge is -2.41. The van der Waals surface area contributed by atoms with Crippen molar-refractivity contribution in [1.29, 1.82) is 0 Å². The van der Waals surface area contributed by atoms with Gasteiger partial charge in [0.2, 0.25) is 15.9 Å². The normalized spacial score (nSPS) is 25.0. The van der Waals surface area contributed by atoms with Crippen LogP contribution in [0.15, 0.2) is 17.0 Å². The summed E-state index contributed by atoms with van der Waals surface area (Å²) in [5.74, 6) is -0.00975. The molecule has 0 spiro atoms. The van der Waals surface area contributed by atoms with Gasteiger partial charge in [-0.15, -0.1) is 0 Å². The molecule has 0 radical (unpaired) electrons. The quantitative estimate of drug-likeness (QED) is 0.693. The van der Waals surface area contributed by atoms with Crippen molar-refractivity contribution >= 4 is 27.5 Å². The first-order valence-corrected chi connectivity index (χ1v) is 13.9. The number of piperazine rings is 1. The zero-order valence-electron chi connectivity index (χ0n) is 19.8. The van der Waals surface area contributed by atoms with Crippen LogP contribution in [-0.4, -0.2) is 85.8 Å². The number of anilines is 1. The van der Waals surface area contributed by atoms with E-state index in [-0.39, 0.29) is 23.3 Å². The number of amides is 2. The Labute approximate surface area is 201 Å². The number of carbonyl (C=O) groups is 2. The molecular formula is C24H34N4O5S. The molecule has 3 heterocycles. The van der Waals surface area contributed by atoms with Gasteiger partial charge in [0, 0.05) is 44.8 Å². The van der Waals surface area contributed by atoms with Gasteiger partial charge >= 0.3 is 0 Å². The van der Waals surface area contributed by atoms with Crippen molar-refractivity contribution < 1.29 is 22.7 Å². The Morgan fingerprint density at radius 3 is 2.47 bits per heavy atom. The lowest BCUT2D eigenvalue weighted by molar-refractivity contribution is -0.136. The Hall–Kier alpha value is -2.17. The molecule has 2 amide bonds. The monoisotopic (exact) mass is 490 g/mol. The summed E-state index contributed by atoms with van der Waals surface area (Å²) in [7, 11) is -3.89. The van der Waals surface area contributed by atoms with E-state index in [1.54, 1.807) is 13.0 Å². The summed E-state index contributed by atoms with van der Waals surface area (Å²) >= 11 is 0. The molecule has 10 heteroatoms. The van der Waals surface area contributed by atoms with E-state index in [4.69, 9.17) is 4.74 Å². The van der Waals surface area contributed by atoms with Crippen LogP contribution in [0.1, 0.15) is 50.5 Å². The van der Waals surface area contributed by atoms with Crippen LogP contribution in [-0.2, 0) is 19.6 Å². The lowest BCUT2D eigenvalue weighted by atomic mass is 9.94. The number of rotatable bonds is 4. The fourth-order valence-corrected chi connectivity index (χ4v) is 7.73. The zero-order valence-corrected chi connectivity index (χ0v) is 20.6. The number of ether oxygens (including phenoxy) is 1. The van der Waals surface area contributed by atoms with E-state index in [2.05, 4.69) is 10.2 Å². The average molecular weight is 491 g/mol. The van der Waals surface area contributed by atoms with Gasteiger partial charge in [-0.3, -0.25) is 14.5 Å². The highest BCUT2D eigenvalue weighted by Crippen LogP contribution is 2.36. The van der Waals surface area contributed by atoms with Crippen LogP contribution in [0.4, 0.5) is 5.69 Å². The molecule has 2 saturated heterocycles. The summed E-state index contributed by atoms with van der Waals surface area (Å²) < 4.78 is 34.1. The van der Waals surface area contributed by atoms with Crippen LogP contribution in [0, 0.1) is 6.92 Å². The summed E-state index contributed by atoms with van der Waals surface area (Å²) in [5, 5.41) is 2.71. The molecule has 1 aliphatic carbocycles. The SMILES string of the molecule is Cc1cc2c(cc1S(=O)(=O)N1CCC[C@H]1C(=O)N1CCN(C3CCCCC3)CC1)OCC(=O)N2. The number of carbonyl (C=O) groups excluding carboxylic acids is 2. The molecule has 186 valence electrons. The molecule has 0 bridgehead atoms. The molecule has 0 aromatic heterocycles. The summed E-state index contributed by atoms with van der Waals surface area (Å²) in [5.41, 5.74) is 0.987. The van der Waals surface area contributed by atoms with Gasteiger partial charge in [-0.25, -0.2) is 8.42 Å². The van der Waals surface area contributed by atoms with Gasteiger partial charge in [0.15, 0.2) is 6.61 Å². The van der Waals surface area contributed by atoms with Crippen LogP contribution < -0.4 is 10.1 Å². The molecule has 34 heavy (non-hydrogen) atoms. The van der Waals surface area contributed by atoms with Crippen molar-refractivity contribution in [3.8, 4) is 5.75 Å². The second-order valence-corrected chi connectivity index (χ2v) is 11.7. The van der Waals surface area contributed by atoms with E-state index >= 15 is 0 Å². The topological polar surface area (TPSA) is 99.3 Å². The maximum Gasteiger partial charge on any atom is 0.262 e. The summed E-state index contributed by atoms with van der Waals surface area (Å²) in [6.07, 6.45) is 7.60. The molecular weight excluding hydrogens is 456 g/mol. The summed E-state index contributed by atoms with van der Waals surface area (Å²) in [4.78, 5) is 29.6. The highest BCUT2D eigenvalue weighted by atomic mass is 32.2. The molecule has 4 aliphatic rings. The predicted octanol–water partition coefficient (Wildman–Crippen LogP) is 1.96. The van der Waals surface area contributed by atoms with Crippen LogP contribution >= 0.6 is 0 Å². The highest BCUT2D eigenvalue weighted by Gasteiger charge is 2.42. The Morgan fingerprint density at radius 1 is 1.00 bits per heavy atom. The van der Waals surface area contributed by atoms with Gasteiger partial charge in [-0.1, -0.05) is 19.3 Å². The van der Waals surface area contributed by atoms with E-state index in [1.165, 1.54) is 42.5 Å². The average Bonchev–Trinajstić information content (AvgIpc) is 3.35. The largest absolute Gasteiger partial charge is 0.482 e. The standard InChI is InChI=1S/C24H34N4O5S/c1-17-14-19-21(33-16-23(29)25-19)15-22(17)34(31,32)28-9-5-8-20(28)24(30)27-12-10-26(11-13-27)18-6-3-2-4-7-18/h14-15,18,20H,2-13,16H2,1H3,(H,25,29)/t20-/m0/s1. The van der Waals surface area contributed by atoms with Crippen molar-refractivity contribution in [1.82, 2.24) is 14.1 Å². The van der Waals surface area contributed by atoms with Crippen molar-refractivity contribution in [2.75, 3.05) is 44.6 Å². The van der Waals surface area contributed by atoms with Crippen molar-refractivity contribution in [2.24, 2.45) is 0 Å². The van der Waals surface area contributed by atoms with E-state index in [0.29, 0.717) is 55.5 Å². The van der Waals surface area contributed by atoms with Gasteiger partial charge in [0.05, 0.1) is 10.6 Å². The second kappa shape index (κ2) is 9.47. The van der Waals surface area contributed by atoms with Crippen molar-refractivity contribution in [2.45, 2.75) is 68.8 Å². The number of nitrogens with zero attached hydrogens (tertiary/aromatic N) is 3. The highest BCUT2D eigenvalue weighted by molar-refractivity contribution is 7.89. The maximum absolute atomic E-state index is 13.7. The third kappa shape index (κ3) is 4.43. The first kappa shape index (κ1) is 23.6. The minimum Gasteiger partial charge on any atom is -0.482 e. The number of hydrogen-bond donors (Lipinski definition) is 1. The van der Waals surface area contributed by atoms with Crippen molar-refractivity contribution in [3.63, 3.8) is 0 Å². The van der Waals surface area contributed by atoms with E-state index in [1.807, 2.05) is 4.90 Å². The number of hydrogen-bond acceptors (Lipinski definition) is 6. The van der Waals surface area contributed by atoms with Gasteiger partial charge in [-0.2, -0.15) is 4.31 Å². The van der Waals surface area contributed by atoms with E-state index < -0.39 is 16.1 Å². The summed E-state index contributed by atoms with van der Waals surface area (Å²) in [6.45, 7) is 4.93. The van der Waals surface area contributed by atoms with E-state index in [0.717, 1.165) is 13.1 Å². The van der Waals surface area contributed by atoms with Crippen molar-refractivity contribution in [3.05, 3.63) is 17.7 Å². The van der Waals surface area contributed by atoms with Crippen LogP contribution in [0.3, 0.4) is 0 Å². The Balaban J connectivity index is 1.30. The number of aryl methyl sites for hydroxylation is 1. The van der Waals surface area contributed by atoms with Gasteiger partial charge in [0.1, 0.15) is 11.8 Å². The molecule has 1 atom stereocenters. The fraction of sp³-hybridized carbons (Fsp3) is 0.667. The maximum atomic E-state index is 13.7. The molecule has 0 unspecified atom stereocenters. The Bertz CT molecular complexity index is 1060. The number of benzene rings is 1. The van der Waals surface area contributed by atoms with Crippen LogP contribution in [0.5, 0.6) is 5.75 Å². The van der Waals surface area contributed by atoms with Gasteiger partial charge in [0.25, 0.3) is 5.91 Å². The third-order valence-electron chi connectivity index (χ3n) is 7.70. The Morgan fingerprint density at radius 2 is 1.74 bits per heavy atom. The number of nitrogens with one attached hydrogen (secondary N) is 1. The van der Waals surface area contributed by atoms with Crippen LogP contribution in [0.2, 0.25) is 0 Å². The minimum absolute atomic E-state index is 0.0801. The molecule has 9 nitrogen and oxygen atoms in total. The van der Waals surface area contributed by atoms with Gasteiger partial charge < -0.3 is 15.0 Å². The Kier molecular flexibility index (Phi) is 6.56. The minimum atomic E-state index is -3.89. The number of fused-ring (bicyclic) bond motifs is 1. The van der Waals surface area contributed by atoms with Gasteiger partial charge in [-0.05, 0) is 44.2 Å². The molecule has 1 aromatic rings. The van der Waals surface area contributed by atoms with E-state index in [9.17, 15) is 18.0 Å². The lowest BCUT2D eigenvalue weighted by Crippen LogP contribution is -2.56. The third-order valence-corrected chi connectivity index (χ3v) is 9.75. The molecule has 1 aromatic carbocycles. The summed E-state index contributed by atoms with van der Waals surface area (Å²) in [6, 6.07) is 3.06. The predicted molar refractivity (Wildman–Crippen MR) is 127 cm³/mol. The fourth-order valence-electron chi connectivity index (χ4n) is 5.86.